The molecule has 0 saturated carbocycles. The molecule has 1 fully saturated rings. The number of nitrogens with zero attached hydrogens (tertiary/aromatic N) is 3. The normalized spacial score (nSPS) is 18.3. The van der Waals surface area contributed by atoms with Crippen LogP contribution in [0.3, 0.4) is 0 Å². The number of thiazole rings is 1. The summed E-state index contributed by atoms with van der Waals surface area (Å²) in [5.74, 6) is -3.31. The Bertz CT molecular complexity index is 1110. The minimum absolute atomic E-state index is 0.0768. The number of carboxylic acid groups (broad SMARTS) is 1. The topological polar surface area (TPSA) is 155 Å². The zero-order chi connectivity index (χ0) is 32.3. The van der Waals surface area contributed by atoms with E-state index in [-0.39, 0.29) is 54.1 Å². The Morgan fingerprint density at radius 3 is 2.42 bits per heavy atom. The highest BCUT2D eigenvalue weighted by molar-refractivity contribution is 7.09. The summed E-state index contributed by atoms with van der Waals surface area (Å²) in [6.45, 7) is 11.2. The van der Waals surface area contributed by atoms with E-state index >= 15 is 0 Å². The minimum atomic E-state index is -1.21. The number of carboxylic acids is 1. The van der Waals surface area contributed by atoms with Gasteiger partial charge in [0.15, 0.2) is 18.5 Å². The molecule has 2 N–H and O–H groups in total. The van der Waals surface area contributed by atoms with Crippen LogP contribution in [0.5, 0.6) is 0 Å². The third kappa shape index (κ3) is 10.6. The molecule has 12 nitrogen and oxygen atoms in total. The average Bonchev–Trinajstić information content (AvgIpc) is 3.45. The van der Waals surface area contributed by atoms with E-state index in [4.69, 9.17) is 9.47 Å². The molecule has 1 saturated heterocycles. The Morgan fingerprint density at radius 2 is 1.88 bits per heavy atom. The van der Waals surface area contributed by atoms with Gasteiger partial charge < -0.3 is 24.8 Å². The fraction of sp³-hybridized carbons (Fsp3) is 0.733. The van der Waals surface area contributed by atoms with Crippen molar-refractivity contribution in [2.24, 2.45) is 11.8 Å². The second kappa shape index (κ2) is 17.3. The quantitative estimate of drug-likeness (QED) is 0.204. The van der Waals surface area contributed by atoms with Crippen LogP contribution in [0, 0.1) is 11.8 Å². The van der Waals surface area contributed by atoms with Crippen molar-refractivity contribution in [1.82, 2.24) is 20.1 Å². The van der Waals surface area contributed by atoms with Gasteiger partial charge in [-0.3, -0.25) is 24.1 Å². The lowest BCUT2D eigenvalue weighted by Gasteiger charge is -2.39. The van der Waals surface area contributed by atoms with Crippen LogP contribution < -0.4 is 5.32 Å². The van der Waals surface area contributed by atoms with E-state index in [2.05, 4.69) is 10.3 Å². The summed E-state index contributed by atoms with van der Waals surface area (Å²) in [5.41, 5.74) is -0.174. The van der Waals surface area contributed by atoms with Crippen LogP contribution in [0.1, 0.15) is 108 Å². The van der Waals surface area contributed by atoms with Gasteiger partial charge in [-0.15, -0.1) is 11.3 Å². The van der Waals surface area contributed by atoms with Gasteiger partial charge in [0.2, 0.25) is 11.8 Å². The van der Waals surface area contributed by atoms with Gasteiger partial charge in [0.05, 0.1) is 6.04 Å². The molecule has 0 spiro atoms. The van der Waals surface area contributed by atoms with E-state index in [9.17, 15) is 29.1 Å². The first-order valence-corrected chi connectivity index (χ1v) is 16.0. The first-order chi connectivity index (χ1) is 20.3. The Labute approximate surface area is 258 Å². The van der Waals surface area contributed by atoms with E-state index in [1.807, 2.05) is 46.6 Å². The first kappa shape index (κ1) is 36.1. The fourth-order valence-corrected chi connectivity index (χ4v) is 6.00. The lowest BCUT2D eigenvalue weighted by atomic mass is 9.92. The number of amides is 2. The summed E-state index contributed by atoms with van der Waals surface area (Å²) < 4.78 is 11.1. The number of esters is 2. The molecule has 2 heterocycles. The molecule has 1 aromatic rings. The highest BCUT2D eigenvalue weighted by atomic mass is 32.1. The zero-order valence-corrected chi connectivity index (χ0v) is 27.3. The summed E-state index contributed by atoms with van der Waals surface area (Å²) in [5, 5.41) is 14.0. The minimum Gasteiger partial charge on any atom is -0.476 e. The Morgan fingerprint density at radius 1 is 1.19 bits per heavy atom. The van der Waals surface area contributed by atoms with E-state index in [0.717, 1.165) is 30.7 Å². The number of hydrogen-bond donors (Lipinski definition) is 2. The number of ether oxygens (including phenoxy) is 2. The molecule has 2 rings (SSSR count). The molecule has 2 amide bonds. The van der Waals surface area contributed by atoms with Gasteiger partial charge in [-0.25, -0.2) is 9.78 Å². The lowest BCUT2D eigenvalue weighted by molar-refractivity contribution is -0.160. The summed E-state index contributed by atoms with van der Waals surface area (Å²) in [7, 11) is 1.90. The Balaban J connectivity index is 2.48. The SMILES string of the molecule is CCCC(=O)OCN(C(=O)[C@H](NC(=O)[C@@H]1CCCCN1C)[C@@H](C)CC)[C@H](C[C@@H](OC(C)=O)c1nc(C(=O)O)cs1)C(C)C. The predicted octanol–water partition coefficient (Wildman–Crippen LogP) is 4.00. The number of likely N-dealkylation sites (tertiary alicyclic amines) is 1. The highest BCUT2D eigenvalue weighted by Gasteiger charge is 2.39. The van der Waals surface area contributed by atoms with Crippen LogP contribution in [0.25, 0.3) is 0 Å². The second-order valence-electron chi connectivity index (χ2n) is 11.6. The number of aromatic nitrogens is 1. The molecule has 1 aliphatic rings. The fourth-order valence-electron chi connectivity index (χ4n) is 5.17. The van der Waals surface area contributed by atoms with Crippen molar-refractivity contribution in [2.45, 2.75) is 111 Å². The van der Waals surface area contributed by atoms with Gasteiger partial charge in [0.1, 0.15) is 11.0 Å². The lowest BCUT2D eigenvalue weighted by Crippen LogP contribution is -2.59. The summed E-state index contributed by atoms with van der Waals surface area (Å²) in [4.78, 5) is 71.4. The maximum atomic E-state index is 14.4. The van der Waals surface area contributed by atoms with Gasteiger partial charge in [-0.05, 0) is 44.7 Å². The maximum Gasteiger partial charge on any atom is 0.355 e. The third-order valence-electron chi connectivity index (χ3n) is 7.90. The number of rotatable bonds is 16. The van der Waals surface area contributed by atoms with Crippen LogP contribution in [-0.4, -0.2) is 88.1 Å². The largest absolute Gasteiger partial charge is 0.476 e. The summed E-state index contributed by atoms with van der Waals surface area (Å²) in [6, 6.07) is -1.85. The standard InChI is InChI=1S/C30H48N4O8S/c1-8-12-25(36)41-17-34(29(38)26(19(5)9-2)32-27(37)22-13-10-11-14-33(22)7)23(18(3)4)15-24(42-20(6)35)28-31-21(16-43-28)30(39)40/h16,18-19,22-24,26H,8-15,17H2,1-7H3,(H,32,37)(H,39,40)/t19-,22-,23+,24+,26+/m0/s1. The summed E-state index contributed by atoms with van der Waals surface area (Å²) in [6.07, 6.45) is 3.14. The monoisotopic (exact) mass is 624 g/mol. The van der Waals surface area contributed by atoms with Crippen LogP contribution in [0.2, 0.25) is 0 Å². The molecule has 1 aliphatic heterocycles. The van der Waals surface area contributed by atoms with Crippen molar-refractivity contribution in [3.05, 3.63) is 16.1 Å². The molecule has 0 aromatic carbocycles. The van der Waals surface area contributed by atoms with Crippen molar-refractivity contribution in [2.75, 3.05) is 20.3 Å². The van der Waals surface area contributed by atoms with Crippen LogP contribution in [0.15, 0.2) is 5.38 Å². The number of piperidine rings is 1. The molecule has 242 valence electrons. The number of hydrogen-bond acceptors (Lipinski definition) is 10. The Hall–Kier alpha value is -3.06. The van der Waals surface area contributed by atoms with Crippen LogP contribution in [0.4, 0.5) is 0 Å². The highest BCUT2D eigenvalue weighted by Crippen LogP contribution is 2.31. The molecular formula is C30H48N4O8S. The van der Waals surface area contributed by atoms with Crippen molar-refractivity contribution in [1.29, 1.82) is 0 Å². The van der Waals surface area contributed by atoms with Crippen molar-refractivity contribution >= 4 is 41.1 Å². The molecule has 5 atom stereocenters. The summed E-state index contributed by atoms with van der Waals surface area (Å²) >= 11 is 1.05. The van der Waals surface area contributed by atoms with Crippen molar-refractivity contribution in [3.8, 4) is 0 Å². The first-order valence-electron chi connectivity index (χ1n) is 15.1. The molecule has 0 aliphatic carbocycles. The molecule has 0 radical (unpaired) electrons. The van der Waals surface area contributed by atoms with Gasteiger partial charge in [0, 0.05) is 31.2 Å². The number of aromatic carboxylic acids is 1. The molecule has 43 heavy (non-hydrogen) atoms. The van der Waals surface area contributed by atoms with Crippen LogP contribution >= 0.6 is 11.3 Å². The number of carbonyl (C=O) groups excluding carboxylic acids is 4. The van der Waals surface area contributed by atoms with Gasteiger partial charge in [-0.1, -0.05) is 47.5 Å². The molecule has 1 aromatic heterocycles. The smallest absolute Gasteiger partial charge is 0.355 e. The maximum absolute atomic E-state index is 14.4. The van der Waals surface area contributed by atoms with Gasteiger partial charge in [0.25, 0.3) is 0 Å². The van der Waals surface area contributed by atoms with E-state index < -0.39 is 42.0 Å². The van der Waals surface area contributed by atoms with Gasteiger partial charge in [-0.2, -0.15) is 0 Å². The van der Waals surface area contributed by atoms with Crippen molar-refractivity contribution < 1.29 is 38.6 Å². The number of likely N-dealkylation sites (N-methyl/N-ethyl adjacent to an activating group) is 1. The number of nitrogens with one attached hydrogen (secondary N) is 1. The third-order valence-corrected chi connectivity index (χ3v) is 8.84. The van der Waals surface area contributed by atoms with E-state index in [1.165, 1.54) is 17.2 Å². The van der Waals surface area contributed by atoms with E-state index in [0.29, 0.717) is 19.3 Å². The molecule has 0 unspecified atom stereocenters. The van der Waals surface area contributed by atoms with Crippen molar-refractivity contribution in [3.63, 3.8) is 0 Å². The Kier molecular flexibility index (Phi) is 14.5. The van der Waals surface area contributed by atoms with Gasteiger partial charge >= 0.3 is 17.9 Å². The van der Waals surface area contributed by atoms with Crippen LogP contribution in [-0.2, 0) is 28.7 Å². The predicted molar refractivity (Wildman–Crippen MR) is 161 cm³/mol. The average molecular weight is 625 g/mol. The molecule has 0 bridgehead atoms. The molecular weight excluding hydrogens is 576 g/mol. The van der Waals surface area contributed by atoms with E-state index in [1.54, 1.807) is 0 Å². The second-order valence-corrected chi connectivity index (χ2v) is 12.5. The number of carbonyl (C=O) groups is 5. The molecule has 13 heteroatoms. The zero-order valence-electron chi connectivity index (χ0n) is 26.5.